The zero-order valence-electron chi connectivity index (χ0n) is 8.55. The second-order valence-corrected chi connectivity index (χ2v) is 8.85. The van der Waals surface area contributed by atoms with Gasteiger partial charge in [0.05, 0.1) is 0 Å². The van der Waals surface area contributed by atoms with Gasteiger partial charge < -0.3 is 5.32 Å². The molecule has 3 heteroatoms. The van der Waals surface area contributed by atoms with Crippen molar-refractivity contribution in [3.05, 3.63) is 0 Å². The lowest BCUT2D eigenvalue weighted by atomic mass is 10.6. The fourth-order valence-corrected chi connectivity index (χ4v) is 1.81. The number of hydrogen-bond donors (Lipinski definition) is 1. The van der Waals surface area contributed by atoms with Gasteiger partial charge in [-0.25, -0.2) is 0 Å². The highest BCUT2D eigenvalue weighted by molar-refractivity contribution is 7.57. The molecule has 68 valence electrons. The quantitative estimate of drug-likeness (QED) is 0.677. The van der Waals surface area contributed by atoms with Crippen LogP contribution in [-0.2, 0) is 0 Å². The van der Waals surface area contributed by atoms with E-state index in [1.54, 1.807) is 0 Å². The molecule has 2 unspecified atom stereocenters. The topological polar surface area (TPSA) is 12.0 Å². The molecule has 0 bridgehead atoms. The summed E-state index contributed by atoms with van der Waals surface area (Å²) >= 11 is 0. The average Bonchev–Trinajstić information content (AvgIpc) is 1.87. The van der Waals surface area contributed by atoms with E-state index in [0.29, 0.717) is 11.6 Å². The Kier molecular flexibility index (Phi) is 5.87. The summed E-state index contributed by atoms with van der Waals surface area (Å²) in [6.45, 7) is 13.9. The minimum atomic E-state index is 0.180. The molecule has 0 aliphatic heterocycles. The van der Waals surface area contributed by atoms with Crippen molar-refractivity contribution in [3.63, 3.8) is 0 Å². The summed E-state index contributed by atoms with van der Waals surface area (Å²) in [7, 11) is 0.361. The lowest BCUT2D eigenvalue weighted by Crippen LogP contribution is -2.31. The van der Waals surface area contributed by atoms with Crippen LogP contribution in [0.4, 0.5) is 0 Å². The average molecular weight is 193 g/mol. The molecule has 0 heterocycles. The molecule has 1 nitrogen and oxygen atoms in total. The third kappa shape index (κ3) is 5.12. The molecular formula is C8H21NP2. The summed E-state index contributed by atoms with van der Waals surface area (Å²) in [5, 5.41) is 3.64. The van der Waals surface area contributed by atoms with Crippen molar-refractivity contribution in [1.82, 2.24) is 5.32 Å². The van der Waals surface area contributed by atoms with Gasteiger partial charge in [0.2, 0.25) is 0 Å². The van der Waals surface area contributed by atoms with Crippen LogP contribution in [0.15, 0.2) is 0 Å². The highest BCUT2D eigenvalue weighted by atomic mass is 31.1. The van der Waals surface area contributed by atoms with E-state index in [2.05, 4.69) is 45.8 Å². The summed E-state index contributed by atoms with van der Waals surface area (Å²) in [4.78, 5) is 0. The van der Waals surface area contributed by atoms with Crippen molar-refractivity contribution in [2.24, 2.45) is 0 Å². The number of hydrogen-bond acceptors (Lipinski definition) is 1. The maximum atomic E-state index is 3.64. The van der Waals surface area contributed by atoms with E-state index < -0.39 is 0 Å². The van der Waals surface area contributed by atoms with Gasteiger partial charge in [-0.15, -0.1) is 0 Å². The van der Waals surface area contributed by atoms with E-state index in [-0.39, 0.29) is 15.8 Å². The van der Waals surface area contributed by atoms with Crippen LogP contribution in [0.3, 0.4) is 0 Å². The van der Waals surface area contributed by atoms with Crippen molar-refractivity contribution in [3.8, 4) is 0 Å². The van der Waals surface area contributed by atoms with Crippen LogP contribution < -0.4 is 5.32 Å². The fourth-order valence-electron chi connectivity index (χ4n) is 0.647. The van der Waals surface area contributed by atoms with Gasteiger partial charge in [0.15, 0.2) is 0 Å². The van der Waals surface area contributed by atoms with E-state index in [1.807, 2.05) is 0 Å². The first-order chi connectivity index (χ1) is 4.95. The lowest BCUT2D eigenvalue weighted by molar-refractivity contribution is 0.669. The monoisotopic (exact) mass is 193 g/mol. The third-order valence-corrected chi connectivity index (χ3v) is 5.43. The Labute approximate surface area is 73.8 Å². The SMILES string of the molecule is CC(NC(C)P(C)C)P(C)C. The van der Waals surface area contributed by atoms with E-state index in [0.717, 1.165) is 0 Å². The Morgan fingerprint density at radius 2 is 1.09 bits per heavy atom. The molecule has 0 aliphatic carbocycles. The molecule has 0 fully saturated rings. The Morgan fingerprint density at radius 3 is 1.27 bits per heavy atom. The molecule has 0 rings (SSSR count). The molecule has 0 aromatic rings. The Bertz CT molecular complexity index is 92.3. The normalized spacial score (nSPS) is 17.5. The molecule has 11 heavy (non-hydrogen) atoms. The van der Waals surface area contributed by atoms with Crippen LogP contribution in [0, 0.1) is 0 Å². The number of rotatable bonds is 4. The van der Waals surface area contributed by atoms with Gasteiger partial charge in [-0.3, -0.25) is 0 Å². The van der Waals surface area contributed by atoms with Gasteiger partial charge in [0, 0.05) is 11.6 Å². The Morgan fingerprint density at radius 1 is 0.818 bits per heavy atom. The van der Waals surface area contributed by atoms with Crippen molar-refractivity contribution >= 4 is 15.8 Å². The van der Waals surface area contributed by atoms with E-state index in [9.17, 15) is 0 Å². The molecule has 0 aromatic heterocycles. The van der Waals surface area contributed by atoms with Crippen LogP contribution in [0.5, 0.6) is 0 Å². The van der Waals surface area contributed by atoms with Crippen LogP contribution in [0.2, 0.25) is 0 Å². The van der Waals surface area contributed by atoms with Crippen LogP contribution in [-0.4, -0.2) is 38.2 Å². The van der Waals surface area contributed by atoms with Crippen molar-refractivity contribution in [2.75, 3.05) is 26.7 Å². The predicted octanol–water partition coefficient (Wildman–Crippen LogP) is 2.75. The Balaban J connectivity index is 3.66. The van der Waals surface area contributed by atoms with Gasteiger partial charge >= 0.3 is 0 Å². The summed E-state index contributed by atoms with van der Waals surface area (Å²) < 4.78 is 0. The van der Waals surface area contributed by atoms with E-state index in [4.69, 9.17) is 0 Å². The molecule has 0 spiro atoms. The highest BCUT2D eigenvalue weighted by Gasteiger charge is 2.11. The molecule has 0 saturated carbocycles. The van der Waals surface area contributed by atoms with Gasteiger partial charge in [0.1, 0.15) is 0 Å². The van der Waals surface area contributed by atoms with Crippen LogP contribution in [0.1, 0.15) is 13.8 Å². The maximum absolute atomic E-state index is 3.64. The third-order valence-electron chi connectivity index (χ3n) is 2.03. The van der Waals surface area contributed by atoms with Crippen LogP contribution >= 0.6 is 15.8 Å². The lowest BCUT2D eigenvalue weighted by Gasteiger charge is -2.25. The molecule has 1 N–H and O–H groups in total. The molecule has 0 saturated heterocycles. The maximum Gasteiger partial charge on any atom is 0.0240 e. The largest absolute Gasteiger partial charge is 0.304 e. The number of nitrogens with one attached hydrogen (secondary N) is 1. The van der Waals surface area contributed by atoms with Gasteiger partial charge in [-0.1, -0.05) is 15.8 Å². The minimum absolute atomic E-state index is 0.180. The van der Waals surface area contributed by atoms with Gasteiger partial charge in [-0.05, 0) is 40.5 Å². The van der Waals surface area contributed by atoms with E-state index >= 15 is 0 Å². The minimum Gasteiger partial charge on any atom is -0.304 e. The molecule has 2 atom stereocenters. The van der Waals surface area contributed by atoms with Crippen molar-refractivity contribution in [2.45, 2.75) is 25.4 Å². The van der Waals surface area contributed by atoms with Gasteiger partial charge in [0.25, 0.3) is 0 Å². The summed E-state index contributed by atoms with van der Waals surface area (Å²) in [6.07, 6.45) is 0. The zero-order chi connectivity index (χ0) is 9.02. The predicted molar refractivity (Wildman–Crippen MR) is 59.6 cm³/mol. The second kappa shape index (κ2) is 5.46. The summed E-state index contributed by atoms with van der Waals surface area (Å²) in [6, 6.07) is 0. The standard InChI is InChI=1S/C8H21NP2/c1-7(10(3)4)9-8(2)11(5)6/h7-9H,1-6H3. The molecular weight excluding hydrogens is 172 g/mol. The second-order valence-electron chi connectivity index (χ2n) is 3.45. The summed E-state index contributed by atoms with van der Waals surface area (Å²) in [5.74, 6) is 1.43. The molecule has 0 aliphatic rings. The highest BCUT2D eigenvalue weighted by Crippen LogP contribution is 2.35. The van der Waals surface area contributed by atoms with E-state index in [1.165, 1.54) is 0 Å². The molecule has 0 radical (unpaired) electrons. The van der Waals surface area contributed by atoms with Crippen LogP contribution in [0.25, 0.3) is 0 Å². The Hall–Kier alpha value is 0.820. The first-order valence-electron chi connectivity index (χ1n) is 4.04. The zero-order valence-corrected chi connectivity index (χ0v) is 10.3. The first-order valence-corrected chi connectivity index (χ1v) is 8.65. The first kappa shape index (κ1) is 11.8. The summed E-state index contributed by atoms with van der Waals surface area (Å²) in [5.41, 5.74) is 0. The molecule has 0 aromatic carbocycles. The smallest absolute Gasteiger partial charge is 0.0240 e. The fraction of sp³-hybridized carbons (Fsp3) is 1.00. The molecule has 0 amide bonds. The van der Waals surface area contributed by atoms with Gasteiger partial charge in [-0.2, -0.15) is 0 Å². The van der Waals surface area contributed by atoms with Crippen molar-refractivity contribution < 1.29 is 0 Å². The van der Waals surface area contributed by atoms with Crippen molar-refractivity contribution in [1.29, 1.82) is 0 Å².